The van der Waals surface area contributed by atoms with Crippen molar-refractivity contribution >= 4 is 12.1 Å². The molecule has 1 amide bonds. The van der Waals surface area contributed by atoms with Crippen LogP contribution in [0.15, 0.2) is 48.5 Å². The van der Waals surface area contributed by atoms with Gasteiger partial charge in [-0.05, 0) is 49.6 Å². The molecule has 2 rings (SSSR count). The van der Waals surface area contributed by atoms with Crippen LogP contribution in [-0.4, -0.2) is 28.8 Å². The van der Waals surface area contributed by atoms with Gasteiger partial charge in [-0.25, -0.2) is 14.0 Å². The first-order valence-corrected chi connectivity index (χ1v) is 8.21. The Hall–Kier alpha value is -2.89. The van der Waals surface area contributed by atoms with Crippen molar-refractivity contribution in [3.8, 4) is 11.1 Å². The molecule has 0 aromatic heterocycles. The topological polar surface area (TPSA) is 75.6 Å². The number of halogens is 1. The zero-order chi connectivity index (χ0) is 19.3. The number of carbonyl (C=O) groups excluding carboxylic acids is 1. The SMILES string of the molecule is CC(C)(C)OC(=O)NC(Cc1ccc(-c2ccc(F)cc2)cc1)C(=O)O. The highest BCUT2D eigenvalue weighted by Crippen LogP contribution is 2.20. The average Bonchev–Trinajstić information content (AvgIpc) is 2.54. The van der Waals surface area contributed by atoms with E-state index < -0.39 is 23.7 Å². The number of alkyl carbamates (subject to hydrolysis) is 1. The lowest BCUT2D eigenvalue weighted by molar-refractivity contribution is -0.139. The zero-order valence-corrected chi connectivity index (χ0v) is 15.0. The molecule has 138 valence electrons. The van der Waals surface area contributed by atoms with E-state index >= 15 is 0 Å². The molecule has 0 fully saturated rings. The van der Waals surface area contributed by atoms with Crippen molar-refractivity contribution in [3.63, 3.8) is 0 Å². The summed E-state index contributed by atoms with van der Waals surface area (Å²) in [7, 11) is 0. The monoisotopic (exact) mass is 359 g/mol. The minimum absolute atomic E-state index is 0.123. The second-order valence-electron chi connectivity index (χ2n) is 6.94. The minimum Gasteiger partial charge on any atom is -0.480 e. The van der Waals surface area contributed by atoms with E-state index in [-0.39, 0.29) is 12.2 Å². The number of rotatable bonds is 5. The van der Waals surface area contributed by atoms with Crippen LogP contribution >= 0.6 is 0 Å². The van der Waals surface area contributed by atoms with Gasteiger partial charge in [-0.3, -0.25) is 0 Å². The summed E-state index contributed by atoms with van der Waals surface area (Å²) in [5, 5.41) is 11.7. The lowest BCUT2D eigenvalue weighted by Gasteiger charge is -2.22. The Labute approximate surface area is 151 Å². The number of amides is 1. The van der Waals surface area contributed by atoms with E-state index in [9.17, 15) is 19.1 Å². The molecular formula is C20H22FNO4. The lowest BCUT2D eigenvalue weighted by atomic mass is 10.0. The Balaban J connectivity index is 2.06. The first kappa shape index (κ1) is 19.4. The molecule has 1 unspecified atom stereocenters. The molecule has 0 saturated heterocycles. The molecule has 2 N–H and O–H groups in total. The molecule has 0 heterocycles. The number of carboxylic acids is 1. The third kappa shape index (κ3) is 5.88. The van der Waals surface area contributed by atoms with Crippen LogP contribution in [0.4, 0.5) is 9.18 Å². The Kier molecular flexibility index (Phi) is 5.97. The summed E-state index contributed by atoms with van der Waals surface area (Å²) in [4.78, 5) is 23.2. The fourth-order valence-electron chi connectivity index (χ4n) is 2.36. The van der Waals surface area contributed by atoms with Gasteiger partial charge in [0.25, 0.3) is 0 Å². The lowest BCUT2D eigenvalue weighted by Crippen LogP contribution is -2.44. The number of nitrogens with one attached hydrogen (secondary N) is 1. The van der Waals surface area contributed by atoms with Crippen molar-refractivity contribution in [3.05, 3.63) is 59.9 Å². The second-order valence-corrected chi connectivity index (χ2v) is 6.94. The van der Waals surface area contributed by atoms with E-state index in [1.165, 1.54) is 12.1 Å². The summed E-state index contributed by atoms with van der Waals surface area (Å²) in [5.41, 5.74) is 1.80. The molecule has 0 aliphatic carbocycles. The number of ether oxygens (including phenoxy) is 1. The van der Waals surface area contributed by atoms with Gasteiger partial charge in [0.05, 0.1) is 0 Å². The zero-order valence-electron chi connectivity index (χ0n) is 15.0. The predicted octanol–water partition coefficient (Wildman–Crippen LogP) is 4.01. The van der Waals surface area contributed by atoms with Crippen LogP contribution in [0.3, 0.4) is 0 Å². The molecule has 1 atom stereocenters. The van der Waals surface area contributed by atoms with E-state index in [0.717, 1.165) is 16.7 Å². The van der Waals surface area contributed by atoms with Gasteiger partial charge >= 0.3 is 12.1 Å². The second kappa shape index (κ2) is 7.99. The molecule has 2 aromatic rings. The molecule has 0 radical (unpaired) electrons. The van der Waals surface area contributed by atoms with Crippen molar-refractivity contribution in [2.24, 2.45) is 0 Å². The van der Waals surface area contributed by atoms with Gasteiger partial charge < -0.3 is 15.2 Å². The van der Waals surface area contributed by atoms with Gasteiger partial charge in [-0.2, -0.15) is 0 Å². The molecule has 6 heteroatoms. The standard InChI is InChI=1S/C20H22FNO4/c1-20(2,3)26-19(25)22-17(18(23)24)12-13-4-6-14(7-5-13)15-8-10-16(21)11-9-15/h4-11,17H,12H2,1-3H3,(H,22,25)(H,23,24). The third-order valence-corrected chi connectivity index (χ3v) is 3.56. The van der Waals surface area contributed by atoms with E-state index in [0.29, 0.717) is 0 Å². The summed E-state index contributed by atoms with van der Waals surface area (Å²) in [5.74, 6) is -1.44. The van der Waals surface area contributed by atoms with Gasteiger partial charge in [0.1, 0.15) is 17.5 Å². The molecule has 0 bridgehead atoms. The summed E-state index contributed by atoms with van der Waals surface area (Å²) >= 11 is 0. The van der Waals surface area contributed by atoms with Crippen LogP contribution in [0.25, 0.3) is 11.1 Å². The van der Waals surface area contributed by atoms with Gasteiger partial charge in [-0.1, -0.05) is 36.4 Å². The quantitative estimate of drug-likeness (QED) is 0.846. The van der Waals surface area contributed by atoms with Crippen LogP contribution < -0.4 is 5.32 Å². The van der Waals surface area contributed by atoms with Gasteiger partial charge in [-0.15, -0.1) is 0 Å². The summed E-state index contributed by atoms with van der Waals surface area (Å²) < 4.78 is 18.1. The largest absolute Gasteiger partial charge is 0.480 e. The van der Waals surface area contributed by atoms with E-state index in [4.69, 9.17) is 4.74 Å². The number of hydrogen-bond acceptors (Lipinski definition) is 3. The number of carbonyl (C=O) groups is 2. The first-order chi connectivity index (χ1) is 12.1. The van der Waals surface area contributed by atoms with Gasteiger partial charge in [0, 0.05) is 6.42 Å². The van der Waals surface area contributed by atoms with E-state index in [2.05, 4.69) is 5.32 Å². The molecule has 0 aliphatic heterocycles. The third-order valence-electron chi connectivity index (χ3n) is 3.56. The molecule has 5 nitrogen and oxygen atoms in total. The van der Waals surface area contributed by atoms with Crippen molar-refractivity contribution in [2.75, 3.05) is 0 Å². The van der Waals surface area contributed by atoms with Crippen LogP contribution in [-0.2, 0) is 16.0 Å². The normalized spacial score (nSPS) is 12.3. The first-order valence-electron chi connectivity index (χ1n) is 8.21. The van der Waals surface area contributed by atoms with Crippen LogP contribution in [0.2, 0.25) is 0 Å². The fourth-order valence-corrected chi connectivity index (χ4v) is 2.36. The summed E-state index contributed by atoms with van der Waals surface area (Å²) in [6.07, 6.45) is -0.647. The molecule has 0 saturated carbocycles. The number of aliphatic carboxylic acids is 1. The average molecular weight is 359 g/mol. The highest BCUT2D eigenvalue weighted by Gasteiger charge is 2.24. The van der Waals surface area contributed by atoms with Crippen molar-refractivity contribution < 1.29 is 23.8 Å². The Morgan fingerprint density at radius 3 is 2.00 bits per heavy atom. The van der Waals surface area contributed by atoms with Gasteiger partial charge in [0.2, 0.25) is 0 Å². The highest BCUT2D eigenvalue weighted by molar-refractivity contribution is 5.80. The molecule has 0 spiro atoms. The van der Waals surface area contributed by atoms with Crippen molar-refractivity contribution in [1.82, 2.24) is 5.32 Å². The molecule has 2 aromatic carbocycles. The number of carboxylic acid groups (broad SMARTS) is 1. The molecule has 0 aliphatic rings. The van der Waals surface area contributed by atoms with Gasteiger partial charge in [0.15, 0.2) is 0 Å². The molecular weight excluding hydrogens is 337 g/mol. The van der Waals surface area contributed by atoms with Crippen LogP contribution in [0.5, 0.6) is 0 Å². The summed E-state index contributed by atoms with van der Waals surface area (Å²) in [6, 6.07) is 12.2. The minimum atomic E-state index is -1.14. The van der Waals surface area contributed by atoms with Crippen LogP contribution in [0, 0.1) is 5.82 Å². The fraction of sp³-hybridized carbons (Fsp3) is 0.300. The Bertz CT molecular complexity index is 764. The predicted molar refractivity (Wildman–Crippen MR) is 96.3 cm³/mol. The maximum Gasteiger partial charge on any atom is 0.408 e. The maximum atomic E-state index is 13.0. The van der Waals surface area contributed by atoms with Crippen molar-refractivity contribution in [1.29, 1.82) is 0 Å². The van der Waals surface area contributed by atoms with E-state index in [1.54, 1.807) is 45.0 Å². The Morgan fingerprint density at radius 1 is 1.04 bits per heavy atom. The van der Waals surface area contributed by atoms with Crippen LogP contribution in [0.1, 0.15) is 26.3 Å². The Morgan fingerprint density at radius 2 is 1.54 bits per heavy atom. The van der Waals surface area contributed by atoms with Crippen molar-refractivity contribution in [2.45, 2.75) is 38.8 Å². The summed E-state index contributed by atoms with van der Waals surface area (Å²) in [6.45, 7) is 5.11. The highest BCUT2D eigenvalue weighted by atomic mass is 19.1. The number of hydrogen-bond donors (Lipinski definition) is 2. The maximum absolute atomic E-state index is 13.0. The number of benzene rings is 2. The van der Waals surface area contributed by atoms with E-state index in [1.807, 2.05) is 12.1 Å². The molecule has 26 heavy (non-hydrogen) atoms. The smallest absolute Gasteiger partial charge is 0.408 e.